The van der Waals surface area contributed by atoms with Crippen molar-refractivity contribution in [2.45, 2.75) is 12.8 Å². The number of carboxylic acid groups (broad SMARTS) is 1. The summed E-state index contributed by atoms with van der Waals surface area (Å²) in [5.74, 6) is -1.61. The molecule has 8 heteroatoms. The summed E-state index contributed by atoms with van der Waals surface area (Å²) in [5.41, 5.74) is 0.218. The van der Waals surface area contributed by atoms with Crippen molar-refractivity contribution >= 4 is 5.97 Å². The highest BCUT2D eigenvalue weighted by molar-refractivity contribution is 5.75. The van der Waals surface area contributed by atoms with Gasteiger partial charge < -0.3 is 14.8 Å². The van der Waals surface area contributed by atoms with Crippen LogP contribution in [0.25, 0.3) is 11.1 Å². The van der Waals surface area contributed by atoms with E-state index in [-0.39, 0.29) is 5.69 Å². The molecular weight excluding hydrogens is 303 g/mol. The van der Waals surface area contributed by atoms with Gasteiger partial charge in [0.05, 0.1) is 6.42 Å². The number of hydrogen-bond donors (Lipinski definition) is 2. The molecule has 0 aliphatic heterocycles. The lowest BCUT2D eigenvalue weighted by atomic mass is 10.0. The monoisotopic (exact) mass is 313 g/mol. The van der Waals surface area contributed by atoms with Gasteiger partial charge >= 0.3 is 12.3 Å². The summed E-state index contributed by atoms with van der Waals surface area (Å²) in [6.07, 6.45) is -5.29. The smallest absolute Gasteiger partial charge is 0.481 e. The molecule has 22 heavy (non-hydrogen) atoms. The number of ether oxygens (including phenoxy) is 1. The Hall–Kier alpha value is -2.77. The van der Waals surface area contributed by atoms with Gasteiger partial charge in [0.1, 0.15) is 5.75 Å². The summed E-state index contributed by atoms with van der Waals surface area (Å²) in [5, 5.41) is 8.84. The Balaban J connectivity index is 2.45. The molecule has 0 spiro atoms. The second-order valence-corrected chi connectivity index (χ2v) is 4.36. The van der Waals surface area contributed by atoms with Gasteiger partial charge in [-0.2, -0.15) is 0 Å². The van der Waals surface area contributed by atoms with Crippen molar-refractivity contribution in [3.05, 3.63) is 52.4 Å². The Bertz CT molecular complexity index is 752. The summed E-state index contributed by atoms with van der Waals surface area (Å²) in [7, 11) is 0. The van der Waals surface area contributed by atoms with Crippen LogP contribution in [0.3, 0.4) is 0 Å². The molecule has 0 amide bonds. The van der Waals surface area contributed by atoms with Crippen LogP contribution in [0.5, 0.6) is 5.75 Å². The molecule has 0 bridgehead atoms. The number of carbonyl (C=O) groups is 1. The first-order valence-electron chi connectivity index (χ1n) is 6.05. The third-order valence-electron chi connectivity index (χ3n) is 2.71. The van der Waals surface area contributed by atoms with Crippen LogP contribution in [-0.4, -0.2) is 22.4 Å². The highest BCUT2D eigenvalue weighted by atomic mass is 19.4. The highest BCUT2D eigenvalue weighted by Gasteiger charge is 2.31. The Morgan fingerprint density at radius 1 is 1.23 bits per heavy atom. The first-order valence-corrected chi connectivity index (χ1v) is 6.05. The van der Waals surface area contributed by atoms with Gasteiger partial charge in [-0.1, -0.05) is 12.1 Å². The molecule has 0 aliphatic rings. The van der Waals surface area contributed by atoms with Gasteiger partial charge in [0.2, 0.25) is 5.56 Å². The summed E-state index contributed by atoms with van der Waals surface area (Å²) in [6.45, 7) is 0. The van der Waals surface area contributed by atoms with Gasteiger partial charge in [-0.15, -0.1) is 13.2 Å². The average molecular weight is 313 g/mol. The van der Waals surface area contributed by atoms with Crippen molar-refractivity contribution in [3.63, 3.8) is 0 Å². The lowest BCUT2D eigenvalue weighted by Crippen LogP contribution is -2.17. The molecular formula is C14H10F3NO4. The van der Waals surface area contributed by atoms with E-state index in [2.05, 4.69) is 9.72 Å². The molecule has 0 radical (unpaired) electrons. The predicted octanol–water partition coefficient (Wildman–Crippen LogP) is 2.57. The fourth-order valence-corrected chi connectivity index (χ4v) is 1.94. The number of nitrogens with one attached hydrogen (secondary N) is 1. The maximum absolute atomic E-state index is 12.2. The number of carboxylic acids is 1. The predicted molar refractivity (Wildman–Crippen MR) is 70.5 cm³/mol. The van der Waals surface area contributed by atoms with Crippen molar-refractivity contribution in [1.29, 1.82) is 0 Å². The molecule has 1 aromatic heterocycles. The van der Waals surface area contributed by atoms with E-state index in [1.54, 1.807) is 0 Å². The molecule has 1 heterocycles. The Morgan fingerprint density at radius 3 is 2.59 bits per heavy atom. The lowest BCUT2D eigenvalue weighted by molar-refractivity contribution is -0.274. The number of rotatable bonds is 4. The average Bonchev–Trinajstić information content (AvgIpc) is 2.36. The molecule has 0 fully saturated rings. The molecule has 5 nitrogen and oxygen atoms in total. The molecule has 0 saturated heterocycles. The molecule has 1 aromatic carbocycles. The fraction of sp³-hybridized carbons (Fsp3) is 0.143. The zero-order valence-corrected chi connectivity index (χ0v) is 11.0. The van der Waals surface area contributed by atoms with Gasteiger partial charge in [0, 0.05) is 17.3 Å². The zero-order chi connectivity index (χ0) is 16.3. The van der Waals surface area contributed by atoms with Crippen LogP contribution in [0.2, 0.25) is 0 Å². The van der Waals surface area contributed by atoms with E-state index in [4.69, 9.17) is 5.11 Å². The molecule has 2 N–H and O–H groups in total. The van der Waals surface area contributed by atoms with E-state index in [0.717, 1.165) is 18.2 Å². The van der Waals surface area contributed by atoms with Crippen LogP contribution >= 0.6 is 0 Å². The van der Waals surface area contributed by atoms with Crippen LogP contribution in [0.15, 0.2) is 41.2 Å². The normalized spacial score (nSPS) is 11.2. The maximum Gasteiger partial charge on any atom is 0.573 e. The van der Waals surface area contributed by atoms with E-state index >= 15 is 0 Å². The molecule has 0 saturated carbocycles. The van der Waals surface area contributed by atoms with E-state index in [0.29, 0.717) is 11.1 Å². The lowest BCUT2D eigenvalue weighted by Gasteiger charge is -2.11. The summed E-state index contributed by atoms with van der Waals surface area (Å²) in [4.78, 5) is 24.5. The number of aromatic nitrogens is 1. The zero-order valence-electron chi connectivity index (χ0n) is 11.0. The maximum atomic E-state index is 12.2. The van der Waals surface area contributed by atoms with E-state index < -0.39 is 30.1 Å². The topological polar surface area (TPSA) is 79.4 Å². The summed E-state index contributed by atoms with van der Waals surface area (Å²) < 4.78 is 40.5. The van der Waals surface area contributed by atoms with Gasteiger partial charge in [-0.3, -0.25) is 9.59 Å². The summed E-state index contributed by atoms with van der Waals surface area (Å²) >= 11 is 0. The van der Waals surface area contributed by atoms with Crippen LogP contribution in [0.1, 0.15) is 5.69 Å². The number of alkyl halides is 3. The quantitative estimate of drug-likeness (QED) is 0.909. The minimum atomic E-state index is -4.83. The Kier molecular flexibility index (Phi) is 4.20. The van der Waals surface area contributed by atoms with Crippen molar-refractivity contribution in [2.24, 2.45) is 0 Å². The third kappa shape index (κ3) is 4.11. The number of aromatic amines is 1. The van der Waals surface area contributed by atoms with Gasteiger partial charge in [0.15, 0.2) is 0 Å². The molecule has 2 aromatic rings. The minimum absolute atomic E-state index is 0.101. The summed E-state index contributed by atoms with van der Waals surface area (Å²) in [6, 6.07) is 7.59. The number of aliphatic carboxylic acids is 1. The standard InChI is InChI=1S/C14H10F3NO4/c15-14(16,17)22-9-3-1-2-8(6-9)10-4-5-12(19)18-11(10)7-13(20)21/h1-6H,7H2,(H,18,19)(H,20,21). The van der Waals surface area contributed by atoms with E-state index in [1.165, 1.54) is 18.2 Å². The van der Waals surface area contributed by atoms with Crippen molar-refractivity contribution in [1.82, 2.24) is 4.98 Å². The molecule has 0 aliphatic carbocycles. The Labute approximate surface area is 122 Å². The number of pyridine rings is 1. The van der Waals surface area contributed by atoms with Crippen LogP contribution in [-0.2, 0) is 11.2 Å². The first-order chi connectivity index (χ1) is 10.2. The van der Waals surface area contributed by atoms with E-state index in [9.17, 15) is 22.8 Å². The van der Waals surface area contributed by atoms with Crippen LogP contribution in [0, 0.1) is 0 Å². The number of H-pyrrole nitrogens is 1. The SMILES string of the molecule is O=C(O)Cc1[nH]c(=O)ccc1-c1cccc(OC(F)(F)F)c1. The number of halogens is 3. The largest absolute Gasteiger partial charge is 0.573 e. The van der Waals surface area contributed by atoms with E-state index in [1.807, 2.05) is 0 Å². The first kappa shape index (κ1) is 15.6. The molecule has 0 unspecified atom stereocenters. The number of hydrogen-bond acceptors (Lipinski definition) is 3. The van der Waals surface area contributed by atoms with Gasteiger partial charge in [-0.25, -0.2) is 0 Å². The molecule has 0 atom stereocenters. The van der Waals surface area contributed by atoms with Crippen molar-refractivity contribution in [2.75, 3.05) is 0 Å². The second-order valence-electron chi connectivity index (χ2n) is 4.36. The van der Waals surface area contributed by atoms with Gasteiger partial charge in [-0.05, 0) is 23.8 Å². The Morgan fingerprint density at radius 2 is 1.95 bits per heavy atom. The highest BCUT2D eigenvalue weighted by Crippen LogP contribution is 2.29. The van der Waals surface area contributed by atoms with Crippen molar-refractivity contribution in [3.8, 4) is 16.9 Å². The third-order valence-corrected chi connectivity index (χ3v) is 2.71. The molecule has 116 valence electrons. The van der Waals surface area contributed by atoms with Crippen LogP contribution < -0.4 is 10.3 Å². The van der Waals surface area contributed by atoms with Crippen LogP contribution in [0.4, 0.5) is 13.2 Å². The minimum Gasteiger partial charge on any atom is -0.481 e. The van der Waals surface area contributed by atoms with Gasteiger partial charge in [0.25, 0.3) is 0 Å². The van der Waals surface area contributed by atoms with Crippen molar-refractivity contribution < 1.29 is 27.8 Å². The fourth-order valence-electron chi connectivity index (χ4n) is 1.94. The molecule has 2 rings (SSSR count). The number of benzene rings is 1. The second kappa shape index (κ2) is 5.92.